The van der Waals surface area contributed by atoms with Crippen molar-refractivity contribution in [2.24, 2.45) is 0 Å². The van der Waals surface area contributed by atoms with E-state index in [4.69, 9.17) is 4.74 Å². The number of anilines is 1. The highest BCUT2D eigenvalue weighted by atomic mass is 16.5. The minimum Gasteiger partial charge on any atom is -0.449 e. The largest absolute Gasteiger partial charge is 0.449 e. The van der Waals surface area contributed by atoms with Gasteiger partial charge in [0.25, 0.3) is 5.91 Å². The number of ether oxygens (including phenoxy) is 1. The number of rotatable bonds is 6. The fourth-order valence-corrected chi connectivity index (χ4v) is 2.87. The molecule has 0 radical (unpaired) electrons. The Kier molecular flexibility index (Phi) is 5.99. The fourth-order valence-electron chi connectivity index (χ4n) is 2.87. The molecule has 0 fully saturated rings. The van der Waals surface area contributed by atoms with Crippen molar-refractivity contribution in [1.29, 1.82) is 0 Å². The van der Waals surface area contributed by atoms with Crippen LogP contribution in [0.25, 0.3) is 11.0 Å². The van der Waals surface area contributed by atoms with E-state index in [2.05, 4.69) is 29.1 Å². The molecule has 1 amide bonds. The smallest absolute Gasteiger partial charge is 0.338 e. The van der Waals surface area contributed by atoms with E-state index in [-0.39, 0.29) is 5.91 Å². The maximum atomic E-state index is 12.5. The lowest BCUT2D eigenvalue weighted by atomic mass is 9.97. The first kappa shape index (κ1) is 19.5. The Balaban J connectivity index is 1.69. The van der Waals surface area contributed by atoms with Crippen LogP contribution in [0.15, 0.2) is 54.9 Å². The van der Waals surface area contributed by atoms with Crippen molar-refractivity contribution >= 4 is 28.6 Å². The topological polar surface area (TPSA) is 81.2 Å². The molecule has 0 saturated carbocycles. The van der Waals surface area contributed by atoms with Crippen LogP contribution < -0.4 is 5.32 Å². The summed E-state index contributed by atoms with van der Waals surface area (Å²) in [5.41, 5.74) is 3.41. The number of hydrogen-bond donors (Lipinski definition) is 1. The first-order valence-electron chi connectivity index (χ1n) is 9.31. The second-order valence-corrected chi connectivity index (χ2v) is 6.69. The van der Waals surface area contributed by atoms with E-state index in [1.165, 1.54) is 0 Å². The van der Waals surface area contributed by atoms with E-state index in [1.807, 2.05) is 24.3 Å². The molecule has 0 aliphatic rings. The number of amides is 1. The molecule has 2 atom stereocenters. The van der Waals surface area contributed by atoms with Gasteiger partial charge >= 0.3 is 5.97 Å². The Morgan fingerprint density at radius 2 is 1.75 bits per heavy atom. The van der Waals surface area contributed by atoms with Crippen molar-refractivity contribution in [2.45, 2.75) is 39.2 Å². The summed E-state index contributed by atoms with van der Waals surface area (Å²) in [5, 5.41) is 2.87. The first-order valence-corrected chi connectivity index (χ1v) is 9.31. The summed E-state index contributed by atoms with van der Waals surface area (Å²) in [4.78, 5) is 33.3. The lowest BCUT2D eigenvalue weighted by Gasteiger charge is -2.18. The van der Waals surface area contributed by atoms with Gasteiger partial charge in [0.2, 0.25) is 0 Å². The van der Waals surface area contributed by atoms with Gasteiger partial charge in [-0.15, -0.1) is 0 Å². The highest BCUT2D eigenvalue weighted by molar-refractivity contribution is 5.98. The quantitative estimate of drug-likeness (QED) is 0.647. The minimum absolute atomic E-state index is 0.313. The summed E-state index contributed by atoms with van der Waals surface area (Å²) in [6.07, 6.45) is 3.17. The van der Waals surface area contributed by atoms with Crippen LogP contribution in [0, 0.1) is 0 Å². The van der Waals surface area contributed by atoms with Gasteiger partial charge in [-0.3, -0.25) is 14.8 Å². The number of fused-ring (bicyclic) bond motifs is 1. The normalized spacial score (nSPS) is 13.0. The second-order valence-electron chi connectivity index (χ2n) is 6.69. The average molecular weight is 377 g/mol. The predicted octanol–water partition coefficient (Wildman–Crippen LogP) is 4.33. The van der Waals surface area contributed by atoms with Crippen LogP contribution in [0.5, 0.6) is 0 Å². The summed E-state index contributed by atoms with van der Waals surface area (Å²) in [6.45, 7) is 5.76. The standard InChI is InChI=1S/C22H23N3O3/c1-4-14(2)17-7-5-6-8-18(17)25-21(26)15(3)28-22(27)16-9-10-19-20(13-16)24-12-11-23-19/h5-15H,4H2,1-3H3,(H,25,26)/t14-,15-/m1/s1. The number of carbonyl (C=O) groups is 2. The highest BCUT2D eigenvalue weighted by Crippen LogP contribution is 2.26. The molecule has 0 aliphatic heterocycles. The minimum atomic E-state index is -0.935. The Bertz CT molecular complexity index is 1000. The molecule has 6 heteroatoms. The summed E-state index contributed by atoms with van der Waals surface area (Å²) in [6, 6.07) is 12.6. The van der Waals surface area contributed by atoms with E-state index in [9.17, 15) is 9.59 Å². The fraction of sp³-hybridized carbons (Fsp3) is 0.273. The number of benzene rings is 2. The van der Waals surface area contributed by atoms with Crippen LogP contribution in [0.1, 0.15) is 49.0 Å². The van der Waals surface area contributed by atoms with Crippen LogP contribution in [0.4, 0.5) is 5.69 Å². The molecule has 0 saturated heterocycles. The molecule has 1 heterocycles. The number of nitrogens with one attached hydrogen (secondary N) is 1. The molecule has 144 valence electrons. The SMILES string of the molecule is CC[C@@H](C)c1ccccc1NC(=O)[C@@H](C)OC(=O)c1ccc2nccnc2c1. The molecule has 6 nitrogen and oxygen atoms in total. The molecule has 3 aromatic rings. The van der Waals surface area contributed by atoms with Gasteiger partial charge in [-0.05, 0) is 49.1 Å². The van der Waals surface area contributed by atoms with Gasteiger partial charge in [0.1, 0.15) is 0 Å². The molecule has 0 spiro atoms. The van der Waals surface area contributed by atoms with Gasteiger partial charge in [0, 0.05) is 18.1 Å². The molecule has 3 rings (SSSR count). The van der Waals surface area contributed by atoms with Crippen LogP contribution in [-0.4, -0.2) is 27.9 Å². The molecule has 28 heavy (non-hydrogen) atoms. The Labute approximate surface area is 164 Å². The van der Waals surface area contributed by atoms with Crippen molar-refractivity contribution in [3.05, 3.63) is 66.0 Å². The maximum absolute atomic E-state index is 12.5. The number of esters is 1. The average Bonchev–Trinajstić information content (AvgIpc) is 2.73. The van der Waals surface area contributed by atoms with Crippen LogP contribution in [0.3, 0.4) is 0 Å². The number of nitrogens with zero attached hydrogens (tertiary/aromatic N) is 2. The van der Waals surface area contributed by atoms with Crippen LogP contribution in [-0.2, 0) is 9.53 Å². The molecule has 0 unspecified atom stereocenters. The van der Waals surface area contributed by atoms with Crippen molar-refractivity contribution in [3.8, 4) is 0 Å². The van der Waals surface area contributed by atoms with Gasteiger partial charge in [-0.25, -0.2) is 4.79 Å². The van der Waals surface area contributed by atoms with Gasteiger partial charge in [-0.1, -0.05) is 32.0 Å². The molecule has 2 aromatic carbocycles. The van der Waals surface area contributed by atoms with Crippen molar-refractivity contribution in [1.82, 2.24) is 9.97 Å². The van der Waals surface area contributed by atoms with E-state index in [0.717, 1.165) is 17.7 Å². The highest BCUT2D eigenvalue weighted by Gasteiger charge is 2.21. The molecule has 0 aliphatic carbocycles. The van der Waals surface area contributed by atoms with Crippen molar-refractivity contribution in [3.63, 3.8) is 0 Å². The first-order chi connectivity index (χ1) is 13.5. The maximum Gasteiger partial charge on any atom is 0.338 e. The molecular weight excluding hydrogens is 354 g/mol. The zero-order chi connectivity index (χ0) is 20.1. The lowest BCUT2D eigenvalue weighted by molar-refractivity contribution is -0.123. The monoisotopic (exact) mass is 377 g/mol. The molecule has 0 bridgehead atoms. The van der Waals surface area contributed by atoms with Gasteiger partial charge < -0.3 is 10.1 Å². The zero-order valence-corrected chi connectivity index (χ0v) is 16.2. The van der Waals surface area contributed by atoms with Crippen LogP contribution in [0.2, 0.25) is 0 Å². The van der Waals surface area contributed by atoms with E-state index < -0.39 is 12.1 Å². The Morgan fingerprint density at radius 3 is 2.50 bits per heavy atom. The molecule has 1 aromatic heterocycles. The van der Waals surface area contributed by atoms with Gasteiger partial charge in [0.05, 0.1) is 16.6 Å². The number of hydrogen-bond acceptors (Lipinski definition) is 5. The van der Waals surface area contributed by atoms with Crippen molar-refractivity contribution < 1.29 is 14.3 Å². The summed E-state index contributed by atoms with van der Waals surface area (Å²) in [5.74, 6) is -0.636. The van der Waals surface area contributed by atoms with Crippen LogP contribution >= 0.6 is 0 Å². The molecular formula is C22H23N3O3. The van der Waals surface area contributed by atoms with E-state index in [0.29, 0.717) is 22.5 Å². The van der Waals surface area contributed by atoms with Gasteiger partial charge in [-0.2, -0.15) is 0 Å². The van der Waals surface area contributed by atoms with Crippen molar-refractivity contribution in [2.75, 3.05) is 5.32 Å². The van der Waals surface area contributed by atoms with Gasteiger partial charge in [0.15, 0.2) is 6.10 Å². The third kappa shape index (κ3) is 4.34. The van der Waals surface area contributed by atoms with E-state index >= 15 is 0 Å². The molecule has 1 N–H and O–H groups in total. The Hall–Kier alpha value is -3.28. The predicted molar refractivity (Wildman–Crippen MR) is 108 cm³/mol. The Morgan fingerprint density at radius 1 is 1.04 bits per heavy atom. The van der Waals surface area contributed by atoms with E-state index in [1.54, 1.807) is 37.5 Å². The second kappa shape index (κ2) is 8.61. The number of carbonyl (C=O) groups excluding carboxylic acids is 2. The third-order valence-corrected chi connectivity index (χ3v) is 4.72. The zero-order valence-electron chi connectivity index (χ0n) is 16.2. The summed E-state index contributed by atoms with van der Waals surface area (Å²) < 4.78 is 5.35. The number of aromatic nitrogens is 2. The lowest BCUT2D eigenvalue weighted by Crippen LogP contribution is -2.30. The number of para-hydroxylation sites is 1. The third-order valence-electron chi connectivity index (χ3n) is 4.72. The summed E-state index contributed by atoms with van der Waals surface area (Å²) >= 11 is 0. The summed E-state index contributed by atoms with van der Waals surface area (Å²) in [7, 11) is 0.